The van der Waals surface area contributed by atoms with Gasteiger partial charge >= 0.3 is 7.12 Å². The Morgan fingerprint density at radius 2 is 1.85 bits per heavy atom. The molecule has 2 aromatic heterocycles. The molecule has 1 saturated heterocycles. The van der Waals surface area contributed by atoms with Gasteiger partial charge in [-0.2, -0.15) is 0 Å². The molecule has 1 aliphatic heterocycles. The van der Waals surface area contributed by atoms with Gasteiger partial charge in [-0.05, 0) is 34.6 Å². The highest BCUT2D eigenvalue weighted by atomic mass is 32.1. The Bertz CT molecular complexity index is 619. The van der Waals surface area contributed by atoms with Crippen molar-refractivity contribution in [3.05, 3.63) is 23.6 Å². The van der Waals surface area contributed by atoms with Gasteiger partial charge in [-0.15, -0.1) is 11.3 Å². The van der Waals surface area contributed by atoms with Crippen LogP contribution in [0.2, 0.25) is 0 Å². The highest BCUT2D eigenvalue weighted by Gasteiger charge is 2.52. The highest BCUT2D eigenvalue weighted by Crippen LogP contribution is 2.36. The largest absolute Gasteiger partial charge is 0.515 e. The summed E-state index contributed by atoms with van der Waals surface area (Å²) in [7, 11) is -0.408. The van der Waals surface area contributed by atoms with Gasteiger partial charge in [0.15, 0.2) is 5.13 Å². The molecule has 0 aliphatic carbocycles. The first kappa shape index (κ1) is 13.8. The number of nitrogens with zero attached hydrogens (tertiary/aromatic N) is 3. The number of imidazole rings is 1. The number of hydrogen-bond donors (Lipinski definition) is 0. The predicted octanol–water partition coefficient (Wildman–Crippen LogP) is 1.94. The van der Waals surface area contributed by atoms with E-state index in [9.17, 15) is 0 Å². The van der Waals surface area contributed by atoms with Gasteiger partial charge in [0.1, 0.15) is 5.82 Å². The van der Waals surface area contributed by atoms with Gasteiger partial charge in [-0.1, -0.05) is 0 Å². The van der Waals surface area contributed by atoms with Crippen LogP contribution in [0.25, 0.3) is 5.13 Å². The van der Waals surface area contributed by atoms with E-state index in [0.717, 1.165) is 16.5 Å². The zero-order valence-corrected chi connectivity index (χ0v) is 13.2. The lowest BCUT2D eigenvalue weighted by atomic mass is 9.86. The van der Waals surface area contributed by atoms with E-state index >= 15 is 0 Å². The topological polar surface area (TPSA) is 49.2 Å². The molecule has 0 unspecified atom stereocenters. The lowest BCUT2D eigenvalue weighted by Crippen LogP contribution is -2.41. The molecular formula is C13H18BN3O2S. The summed E-state index contributed by atoms with van der Waals surface area (Å²) in [5.41, 5.74) is 0.135. The van der Waals surface area contributed by atoms with Crippen LogP contribution in [0.4, 0.5) is 0 Å². The summed E-state index contributed by atoms with van der Waals surface area (Å²) in [4.78, 5) is 8.83. The minimum Gasteiger partial charge on any atom is -0.398 e. The molecule has 0 radical (unpaired) electrons. The van der Waals surface area contributed by atoms with Crippen molar-refractivity contribution in [1.29, 1.82) is 0 Å². The van der Waals surface area contributed by atoms with Crippen molar-refractivity contribution in [2.24, 2.45) is 0 Å². The second-order valence-electron chi connectivity index (χ2n) is 5.99. The Labute approximate surface area is 123 Å². The van der Waals surface area contributed by atoms with Crippen LogP contribution in [0.3, 0.4) is 0 Å². The maximum atomic E-state index is 6.01. The Morgan fingerprint density at radius 1 is 1.20 bits per heavy atom. The summed E-state index contributed by atoms with van der Waals surface area (Å²) >= 11 is 1.56. The van der Waals surface area contributed by atoms with Crippen LogP contribution in [0.5, 0.6) is 0 Å². The van der Waals surface area contributed by atoms with Crippen LogP contribution in [0.15, 0.2) is 17.8 Å². The van der Waals surface area contributed by atoms with Crippen LogP contribution in [0.1, 0.15) is 33.5 Å². The molecule has 3 rings (SSSR count). The molecule has 0 atom stereocenters. The molecule has 0 bridgehead atoms. The van der Waals surface area contributed by atoms with Crippen molar-refractivity contribution in [2.75, 3.05) is 0 Å². The second kappa shape index (κ2) is 4.41. The summed E-state index contributed by atoms with van der Waals surface area (Å²) < 4.78 is 14.0. The van der Waals surface area contributed by atoms with Crippen molar-refractivity contribution >= 4 is 24.0 Å². The van der Waals surface area contributed by atoms with Crippen molar-refractivity contribution in [3.63, 3.8) is 0 Å². The third-order valence-electron chi connectivity index (χ3n) is 4.04. The number of aryl methyl sites for hydroxylation is 1. The molecule has 0 spiro atoms. The highest BCUT2D eigenvalue weighted by molar-refractivity contribution is 7.13. The van der Waals surface area contributed by atoms with Crippen molar-refractivity contribution < 1.29 is 9.31 Å². The van der Waals surface area contributed by atoms with Gasteiger partial charge < -0.3 is 9.31 Å². The minimum atomic E-state index is -0.408. The van der Waals surface area contributed by atoms with Crippen LogP contribution in [0, 0.1) is 6.92 Å². The van der Waals surface area contributed by atoms with Gasteiger partial charge in [0.25, 0.3) is 0 Å². The zero-order chi connectivity index (χ0) is 14.5. The Kier molecular flexibility index (Phi) is 3.04. The Balaban J connectivity index is 1.88. The summed E-state index contributed by atoms with van der Waals surface area (Å²) in [5.74, 6) is 0.916. The summed E-state index contributed by atoms with van der Waals surface area (Å²) in [6, 6.07) is 0. The molecule has 2 aromatic rings. The van der Waals surface area contributed by atoms with Crippen LogP contribution in [-0.2, 0) is 9.31 Å². The lowest BCUT2D eigenvalue weighted by molar-refractivity contribution is 0.00578. The molecule has 0 aromatic carbocycles. The predicted molar refractivity (Wildman–Crippen MR) is 79.7 cm³/mol. The summed E-state index contributed by atoms with van der Waals surface area (Å²) in [6.45, 7) is 10.1. The smallest absolute Gasteiger partial charge is 0.398 e. The number of aromatic nitrogens is 3. The third-order valence-corrected chi connectivity index (χ3v) is 4.89. The standard InChI is InChI=1S/C13H18BN3O2S/c1-9-15-6-7-17(9)11-16-10(8-20-11)14-18-12(2,3)13(4,5)19-14/h6-8H,1-5H3. The maximum absolute atomic E-state index is 6.01. The molecule has 3 heterocycles. The summed E-state index contributed by atoms with van der Waals surface area (Å²) in [5, 5.41) is 2.86. The lowest BCUT2D eigenvalue weighted by Gasteiger charge is -2.32. The normalized spacial score (nSPS) is 20.6. The molecule has 1 aliphatic rings. The summed E-state index contributed by atoms with van der Waals surface area (Å²) in [6.07, 6.45) is 3.67. The second-order valence-corrected chi connectivity index (χ2v) is 6.82. The van der Waals surface area contributed by atoms with E-state index in [4.69, 9.17) is 9.31 Å². The van der Waals surface area contributed by atoms with Crippen molar-refractivity contribution in [2.45, 2.75) is 45.8 Å². The number of thiazole rings is 1. The quantitative estimate of drug-likeness (QED) is 0.793. The van der Waals surface area contributed by atoms with Gasteiger partial charge in [-0.25, -0.2) is 9.97 Å². The fourth-order valence-corrected chi connectivity index (χ4v) is 2.89. The first-order valence-corrected chi connectivity index (χ1v) is 7.49. The van der Waals surface area contributed by atoms with Gasteiger partial charge in [0.2, 0.25) is 0 Å². The maximum Gasteiger partial charge on any atom is 0.515 e. The molecule has 0 amide bonds. The van der Waals surface area contributed by atoms with E-state index in [1.165, 1.54) is 0 Å². The number of rotatable bonds is 2. The van der Waals surface area contributed by atoms with E-state index in [0.29, 0.717) is 0 Å². The van der Waals surface area contributed by atoms with E-state index in [2.05, 4.69) is 9.97 Å². The average molecular weight is 291 g/mol. The van der Waals surface area contributed by atoms with E-state index in [1.54, 1.807) is 17.5 Å². The average Bonchev–Trinajstić information content (AvgIpc) is 2.98. The Morgan fingerprint density at radius 3 is 2.40 bits per heavy atom. The molecule has 0 N–H and O–H groups in total. The minimum absolute atomic E-state index is 0.341. The van der Waals surface area contributed by atoms with Gasteiger partial charge in [0.05, 0.1) is 16.8 Å². The molecule has 1 fully saturated rings. The molecule has 106 valence electrons. The van der Waals surface area contributed by atoms with Gasteiger partial charge in [0, 0.05) is 17.8 Å². The monoisotopic (exact) mass is 291 g/mol. The molecule has 0 saturated carbocycles. The molecule has 7 heteroatoms. The van der Waals surface area contributed by atoms with E-state index in [1.807, 2.05) is 50.8 Å². The molecular weight excluding hydrogens is 273 g/mol. The first-order chi connectivity index (χ1) is 9.30. The third kappa shape index (κ3) is 2.10. The number of hydrogen-bond acceptors (Lipinski definition) is 5. The van der Waals surface area contributed by atoms with Crippen molar-refractivity contribution in [1.82, 2.24) is 14.5 Å². The van der Waals surface area contributed by atoms with E-state index in [-0.39, 0.29) is 11.2 Å². The van der Waals surface area contributed by atoms with Gasteiger partial charge in [-0.3, -0.25) is 4.57 Å². The molecule has 5 nitrogen and oxygen atoms in total. The SMILES string of the molecule is Cc1nccn1-c1nc(B2OC(C)(C)C(C)(C)O2)cs1. The van der Waals surface area contributed by atoms with E-state index < -0.39 is 7.12 Å². The van der Waals surface area contributed by atoms with Crippen LogP contribution in [-0.4, -0.2) is 32.9 Å². The molecule has 20 heavy (non-hydrogen) atoms. The fraction of sp³-hybridized carbons (Fsp3) is 0.538. The van der Waals surface area contributed by atoms with Crippen LogP contribution >= 0.6 is 11.3 Å². The Hall–Kier alpha value is -1.18. The van der Waals surface area contributed by atoms with Crippen LogP contribution < -0.4 is 5.59 Å². The fourth-order valence-electron chi connectivity index (χ4n) is 2.04. The zero-order valence-electron chi connectivity index (χ0n) is 12.4. The first-order valence-electron chi connectivity index (χ1n) is 6.61. The van der Waals surface area contributed by atoms with Crippen molar-refractivity contribution in [3.8, 4) is 5.13 Å².